The molecule has 22 atom stereocenters. The number of benzene rings is 2. The molecule has 2 aromatic rings. The molecule has 0 aliphatic heterocycles. The van der Waals surface area contributed by atoms with Gasteiger partial charge in [-0.1, -0.05) is 54.4 Å². The Bertz CT molecular complexity index is 2590. The van der Waals surface area contributed by atoms with E-state index in [2.05, 4.69) is 41.5 Å². The topological polar surface area (TPSA) is 266 Å². The number of carbonyl (C=O) groups is 1. The van der Waals surface area contributed by atoms with Crippen LogP contribution >= 0.6 is 0 Å². The van der Waals surface area contributed by atoms with E-state index in [9.17, 15) is 61.4 Å². The van der Waals surface area contributed by atoms with Crippen LogP contribution in [0.3, 0.4) is 0 Å². The fourth-order valence-electron chi connectivity index (χ4n) is 20.1. The number of carbonyl (C=O) groups excluding carboxylic acids is 1. The van der Waals surface area contributed by atoms with Crippen LogP contribution < -0.4 is 9.47 Å². The molecule has 10 rings (SSSR count). The van der Waals surface area contributed by atoms with Gasteiger partial charge in [0.1, 0.15) is 11.5 Å². The summed E-state index contributed by atoms with van der Waals surface area (Å²) in [6.07, 6.45) is 10.1. The van der Waals surface area contributed by atoms with Gasteiger partial charge in [-0.2, -0.15) is 16.8 Å². The third kappa shape index (κ3) is 10.3. The standard InChI is InChI=1S/C61H90O15S2/c1-33(43-15-17-45-55-47(31-53(66)60(43,45)5)58(3)23-21-39(62)27-37(58)29-49(55)64)9-7-11-35-25-41(77(69,70)71)13-19-51(35)75-57(68)76-52-20-14-42(78(72,73)74)26-36(52)12-8-10-34(2)44-16-18-46-56-48(32-54(67)61(44,46)6)59(4)24-22-40(63)28-38(59)30-50(56)65/h13-14,19-20,25-26,33-34,37-40,43-50,53-56,62-67H,7-12,15-18,21-24,27-32H2,1-6H3,(H,69,70,71)(H,72,73,74)/t33-,34-,37+,38+,39-,40-,43-,44-,45+,46+,47+,48+,49-,50-,53+,54+,55+,56+,58+,59+,60-,61-/m1/s1. The maximum Gasteiger partial charge on any atom is 0.519 e. The van der Waals surface area contributed by atoms with Crippen molar-refractivity contribution in [3.63, 3.8) is 0 Å². The van der Waals surface area contributed by atoms with Crippen molar-refractivity contribution in [2.24, 2.45) is 92.7 Å². The zero-order valence-electron chi connectivity index (χ0n) is 46.8. The van der Waals surface area contributed by atoms with Crippen molar-refractivity contribution < 1.29 is 70.8 Å². The minimum absolute atomic E-state index is 0.0201. The summed E-state index contributed by atoms with van der Waals surface area (Å²) in [5, 5.41) is 68.9. The molecule has 8 fully saturated rings. The Morgan fingerprint density at radius 1 is 0.551 bits per heavy atom. The number of hydrogen-bond donors (Lipinski definition) is 8. The second-order valence-electron chi connectivity index (χ2n) is 27.7. The molecule has 0 heterocycles. The largest absolute Gasteiger partial charge is 0.519 e. The lowest BCUT2D eigenvalue weighted by Crippen LogP contribution is -2.62. The fourth-order valence-corrected chi connectivity index (χ4v) is 21.2. The lowest BCUT2D eigenvalue weighted by atomic mass is 9.43. The van der Waals surface area contributed by atoms with Crippen LogP contribution in [-0.4, -0.2) is 99.4 Å². The Labute approximate surface area is 463 Å². The number of fused-ring (bicyclic) bond motifs is 10. The first-order valence-electron chi connectivity index (χ1n) is 29.8. The van der Waals surface area contributed by atoms with Gasteiger partial charge >= 0.3 is 6.16 Å². The molecule has 8 aliphatic rings. The third-order valence-electron chi connectivity index (χ3n) is 24.3. The van der Waals surface area contributed by atoms with Gasteiger partial charge in [0.05, 0.1) is 46.4 Å². The SMILES string of the molecule is C[C@H](CCCc1cc(S(=O)(=O)O)ccc1OC(=O)Oc1ccc(S(=O)(=O)O)cc1CCC[C@@H](C)[C@H]1CC[C@H]2[C@@H]3[C@H](O)C[C@@H]4C[C@H](O)CC[C@]4(C)[C@H]3C[C@H](O)[C@]12C)[C@H]1CC[C@H]2[C@@H]3[C@H](O)C[C@@H]4C[C@H](O)CC[C@]4(C)[C@H]3C[C@H](O)[C@]12C. The van der Waals surface area contributed by atoms with E-state index < -0.39 is 61.6 Å². The predicted molar refractivity (Wildman–Crippen MR) is 291 cm³/mol. The summed E-state index contributed by atoms with van der Waals surface area (Å²) in [5.41, 5.74) is -0.204. The molecule has 0 saturated heterocycles. The van der Waals surface area contributed by atoms with E-state index in [-0.39, 0.29) is 128 Å². The molecule has 0 bridgehead atoms. The Kier molecular flexibility index (Phi) is 16.1. The van der Waals surface area contributed by atoms with Gasteiger partial charge in [-0.25, -0.2) is 4.79 Å². The summed E-state index contributed by atoms with van der Waals surface area (Å²) in [7, 11) is -9.26. The van der Waals surface area contributed by atoms with Crippen molar-refractivity contribution in [3.05, 3.63) is 47.5 Å². The van der Waals surface area contributed by atoms with Crippen molar-refractivity contribution in [1.29, 1.82) is 0 Å². The number of hydrogen-bond acceptors (Lipinski definition) is 13. The number of rotatable bonds is 14. The highest BCUT2D eigenvalue weighted by Gasteiger charge is 2.67. The Morgan fingerprint density at radius 2 is 0.936 bits per heavy atom. The van der Waals surface area contributed by atoms with Gasteiger partial charge in [0.2, 0.25) is 0 Å². The minimum Gasteiger partial charge on any atom is -0.394 e. The Morgan fingerprint density at radius 3 is 1.31 bits per heavy atom. The number of ether oxygens (including phenoxy) is 2. The molecule has 436 valence electrons. The van der Waals surface area contributed by atoms with Crippen LogP contribution in [0.5, 0.6) is 11.5 Å². The van der Waals surface area contributed by atoms with Crippen molar-refractivity contribution in [1.82, 2.24) is 0 Å². The van der Waals surface area contributed by atoms with E-state index in [0.717, 1.165) is 63.5 Å². The monoisotopic (exact) mass is 1130 g/mol. The van der Waals surface area contributed by atoms with Crippen molar-refractivity contribution in [2.45, 2.75) is 216 Å². The summed E-state index contributed by atoms with van der Waals surface area (Å²) in [5.74, 6) is 1.93. The molecule has 15 nitrogen and oxygen atoms in total. The molecule has 2 aromatic carbocycles. The number of aryl methyl sites for hydroxylation is 2. The lowest BCUT2D eigenvalue weighted by molar-refractivity contribution is -0.207. The number of aliphatic hydroxyl groups is 6. The van der Waals surface area contributed by atoms with E-state index in [1.807, 2.05) is 0 Å². The highest BCUT2D eigenvalue weighted by Crippen LogP contribution is 2.70. The van der Waals surface area contributed by atoms with Crippen LogP contribution in [0.25, 0.3) is 0 Å². The molecule has 0 unspecified atom stereocenters. The van der Waals surface area contributed by atoms with Gasteiger partial charge in [0, 0.05) is 0 Å². The van der Waals surface area contributed by atoms with E-state index in [0.29, 0.717) is 75.3 Å². The normalized spacial score (nSPS) is 42.9. The van der Waals surface area contributed by atoms with Gasteiger partial charge < -0.3 is 40.1 Å². The second-order valence-corrected chi connectivity index (χ2v) is 30.6. The summed E-state index contributed by atoms with van der Waals surface area (Å²) in [4.78, 5) is 13.0. The van der Waals surface area contributed by atoms with E-state index in [4.69, 9.17) is 9.47 Å². The second kappa shape index (κ2) is 21.5. The minimum atomic E-state index is -4.63. The molecule has 78 heavy (non-hydrogen) atoms. The molecule has 0 spiro atoms. The highest BCUT2D eigenvalue weighted by atomic mass is 32.2. The molecule has 0 radical (unpaired) electrons. The Balaban J connectivity index is 0.790. The smallest absolute Gasteiger partial charge is 0.394 e. The van der Waals surface area contributed by atoms with Crippen molar-refractivity contribution >= 4 is 26.4 Å². The summed E-state index contributed by atoms with van der Waals surface area (Å²) in [6.45, 7) is 13.4. The first-order chi connectivity index (χ1) is 36.6. The molecule has 0 aromatic heterocycles. The molecular formula is C61H90O15S2. The molecule has 17 heteroatoms. The van der Waals surface area contributed by atoms with Crippen LogP contribution in [0.2, 0.25) is 0 Å². The first kappa shape index (κ1) is 58.5. The predicted octanol–water partition coefficient (Wildman–Crippen LogP) is 9.60. The quantitative estimate of drug-likeness (QED) is 0.0497. The fraction of sp³-hybridized carbons (Fsp3) is 0.787. The summed E-state index contributed by atoms with van der Waals surface area (Å²) in [6, 6.07) is 7.43. The van der Waals surface area contributed by atoms with Gasteiger partial charge in [-0.3, -0.25) is 9.11 Å². The Hall–Kier alpha value is -2.71. The zero-order valence-corrected chi connectivity index (χ0v) is 48.4. The first-order valence-corrected chi connectivity index (χ1v) is 32.7. The van der Waals surface area contributed by atoms with Crippen LogP contribution in [-0.2, 0) is 33.1 Å². The van der Waals surface area contributed by atoms with Crippen LogP contribution in [0.15, 0.2) is 46.2 Å². The summed E-state index contributed by atoms with van der Waals surface area (Å²) >= 11 is 0. The lowest BCUT2D eigenvalue weighted by Gasteiger charge is -2.63. The number of aliphatic hydroxyl groups excluding tert-OH is 6. The van der Waals surface area contributed by atoms with E-state index in [1.54, 1.807) is 0 Å². The summed E-state index contributed by atoms with van der Waals surface area (Å²) < 4.78 is 81.2. The third-order valence-corrected chi connectivity index (χ3v) is 26.0. The van der Waals surface area contributed by atoms with Crippen molar-refractivity contribution in [3.8, 4) is 11.5 Å². The maximum absolute atomic E-state index is 13.7. The zero-order chi connectivity index (χ0) is 56.2. The molecule has 8 N–H and O–H groups in total. The van der Waals surface area contributed by atoms with Gasteiger partial charge in [0.25, 0.3) is 20.2 Å². The van der Waals surface area contributed by atoms with E-state index >= 15 is 0 Å². The van der Waals surface area contributed by atoms with Crippen LogP contribution in [0, 0.1) is 92.7 Å². The van der Waals surface area contributed by atoms with Gasteiger partial charge in [0.15, 0.2) is 0 Å². The van der Waals surface area contributed by atoms with E-state index in [1.165, 1.54) is 24.3 Å². The molecular weight excluding hydrogens is 1040 g/mol. The maximum atomic E-state index is 13.7. The van der Waals surface area contributed by atoms with Crippen LogP contribution in [0.1, 0.15) is 168 Å². The molecule has 8 aliphatic carbocycles. The average Bonchev–Trinajstić information content (AvgIpc) is 4.07. The van der Waals surface area contributed by atoms with Gasteiger partial charge in [-0.15, -0.1) is 0 Å². The molecule has 0 amide bonds. The van der Waals surface area contributed by atoms with Gasteiger partial charge in [-0.05, 0) is 256 Å². The average molecular weight is 1130 g/mol. The van der Waals surface area contributed by atoms with Crippen molar-refractivity contribution in [2.75, 3.05) is 0 Å². The van der Waals surface area contributed by atoms with Crippen LogP contribution in [0.4, 0.5) is 4.79 Å². The highest BCUT2D eigenvalue weighted by molar-refractivity contribution is 7.86. The molecule has 8 saturated carbocycles.